The number of halogens is 3. The van der Waals surface area contributed by atoms with Crippen LogP contribution in [0.15, 0.2) is 34.9 Å². The van der Waals surface area contributed by atoms with Gasteiger partial charge in [-0.15, -0.1) is 0 Å². The van der Waals surface area contributed by atoms with E-state index in [4.69, 9.17) is 21.9 Å². The number of hydrogen-bond donors (Lipinski definition) is 1. The van der Waals surface area contributed by atoms with Crippen molar-refractivity contribution in [3.63, 3.8) is 0 Å². The zero-order chi connectivity index (χ0) is 17.4. The maximum absolute atomic E-state index is 14.5. The van der Waals surface area contributed by atoms with Crippen LogP contribution in [-0.2, 0) is 0 Å². The normalized spacial score (nSPS) is 12.4. The molecular formula is C17H14ClF2N3O. The molecule has 0 unspecified atom stereocenters. The van der Waals surface area contributed by atoms with Gasteiger partial charge < -0.3 is 10.3 Å². The monoisotopic (exact) mass is 349 g/mol. The van der Waals surface area contributed by atoms with E-state index >= 15 is 0 Å². The molecule has 0 radical (unpaired) electrons. The number of aromatic nitrogens is 2. The summed E-state index contributed by atoms with van der Waals surface area (Å²) in [7, 11) is 0. The van der Waals surface area contributed by atoms with Crippen molar-refractivity contribution in [2.24, 2.45) is 5.73 Å². The van der Waals surface area contributed by atoms with Crippen LogP contribution in [0.3, 0.4) is 0 Å². The fourth-order valence-electron chi connectivity index (χ4n) is 2.49. The molecule has 0 aliphatic carbocycles. The van der Waals surface area contributed by atoms with E-state index in [1.54, 1.807) is 26.0 Å². The molecule has 0 fully saturated rings. The predicted octanol–water partition coefficient (Wildman–Crippen LogP) is 4.66. The van der Waals surface area contributed by atoms with E-state index in [2.05, 4.69) is 10.1 Å². The molecule has 1 heterocycles. The standard InChI is InChI=1S/C17H14ClF2N3O/c1-8(21)12-4-3-10(5-14(12)19)13-6-11(18)7-15(20)16(13)17-22-9(2)24-23-17/h3-8H,21H2,1-2H3/t8-/m1/s1. The molecule has 1 atom stereocenters. The van der Waals surface area contributed by atoms with Gasteiger partial charge in [-0.1, -0.05) is 28.9 Å². The number of nitrogens with two attached hydrogens (primary N) is 1. The summed E-state index contributed by atoms with van der Waals surface area (Å²) >= 11 is 5.97. The van der Waals surface area contributed by atoms with Crippen LogP contribution >= 0.6 is 11.6 Å². The highest BCUT2D eigenvalue weighted by Gasteiger charge is 2.20. The van der Waals surface area contributed by atoms with Gasteiger partial charge in [0.1, 0.15) is 11.6 Å². The van der Waals surface area contributed by atoms with Crippen molar-refractivity contribution in [2.45, 2.75) is 19.9 Å². The Kier molecular flexibility index (Phi) is 4.34. The van der Waals surface area contributed by atoms with Crippen molar-refractivity contribution >= 4 is 11.6 Å². The first-order valence-corrected chi connectivity index (χ1v) is 7.59. The third kappa shape index (κ3) is 3.02. The van der Waals surface area contributed by atoms with Gasteiger partial charge in [-0.25, -0.2) is 8.78 Å². The maximum atomic E-state index is 14.5. The van der Waals surface area contributed by atoms with Gasteiger partial charge in [-0.2, -0.15) is 4.98 Å². The van der Waals surface area contributed by atoms with E-state index in [1.807, 2.05) is 0 Å². The molecule has 24 heavy (non-hydrogen) atoms. The summed E-state index contributed by atoms with van der Waals surface area (Å²) in [5.41, 5.74) is 7.01. The van der Waals surface area contributed by atoms with E-state index in [0.717, 1.165) is 6.07 Å². The molecule has 3 aromatic rings. The van der Waals surface area contributed by atoms with Gasteiger partial charge in [0.05, 0.1) is 5.56 Å². The Morgan fingerprint density at radius 2 is 1.92 bits per heavy atom. The van der Waals surface area contributed by atoms with Gasteiger partial charge in [-0.05, 0) is 36.2 Å². The Balaban J connectivity index is 2.22. The Bertz CT molecular complexity index is 909. The number of nitrogens with zero attached hydrogens (tertiary/aromatic N) is 2. The molecule has 0 amide bonds. The highest BCUT2D eigenvalue weighted by Crippen LogP contribution is 2.36. The number of benzene rings is 2. The van der Waals surface area contributed by atoms with E-state index in [0.29, 0.717) is 22.6 Å². The minimum atomic E-state index is -0.616. The third-order valence-corrected chi connectivity index (χ3v) is 3.83. The summed E-state index contributed by atoms with van der Waals surface area (Å²) in [6, 6.07) is 6.75. The molecule has 0 saturated carbocycles. The molecule has 4 nitrogen and oxygen atoms in total. The van der Waals surface area contributed by atoms with Crippen LogP contribution in [0.4, 0.5) is 8.78 Å². The van der Waals surface area contributed by atoms with Gasteiger partial charge in [0.15, 0.2) is 0 Å². The molecule has 0 aliphatic heterocycles. The molecule has 2 N–H and O–H groups in total. The van der Waals surface area contributed by atoms with Crippen molar-refractivity contribution in [1.82, 2.24) is 10.1 Å². The van der Waals surface area contributed by atoms with Crippen molar-refractivity contribution < 1.29 is 13.3 Å². The van der Waals surface area contributed by atoms with E-state index in [9.17, 15) is 8.78 Å². The first kappa shape index (κ1) is 16.5. The molecule has 0 bridgehead atoms. The van der Waals surface area contributed by atoms with Crippen LogP contribution in [0.1, 0.15) is 24.4 Å². The van der Waals surface area contributed by atoms with Crippen molar-refractivity contribution in [3.8, 4) is 22.5 Å². The molecule has 1 aromatic heterocycles. The zero-order valence-electron chi connectivity index (χ0n) is 13.0. The van der Waals surface area contributed by atoms with Gasteiger partial charge in [0, 0.05) is 23.6 Å². The van der Waals surface area contributed by atoms with Crippen LogP contribution in [0, 0.1) is 18.6 Å². The summed E-state index contributed by atoms with van der Waals surface area (Å²) < 4.78 is 33.7. The summed E-state index contributed by atoms with van der Waals surface area (Å²) in [6.07, 6.45) is 0. The smallest absolute Gasteiger partial charge is 0.223 e. The van der Waals surface area contributed by atoms with E-state index in [1.165, 1.54) is 12.1 Å². The highest BCUT2D eigenvalue weighted by atomic mass is 35.5. The maximum Gasteiger partial charge on any atom is 0.223 e. The third-order valence-electron chi connectivity index (χ3n) is 3.61. The Morgan fingerprint density at radius 1 is 1.17 bits per heavy atom. The average molecular weight is 350 g/mol. The lowest BCUT2D eigenvalue weighted by atomic mass is 9.96. The second-order valence-corrected chi connectivity index (χ2v) is 5.91. The van der Waals surface area contributed by atoms with Crippen molar-refractivity contribution in [3.05, 3.63) is 58.4 Å². The second-order valence-electron chi connectivity index (χ2n) is 5.47. The first-order valence-electron chi connectivity index (χ1n) is 7.22. The summed E-state index contributed by atoms with van der Waals surface area (Å²) in [4.78, 5) is 4.05. The quantitative estimate of drug-likeness (QED) is 0.746. The van der Waals surface area contributed by atoms with Crippen LogP contribution in [-0.4, -0.2) is 10.1 Å². The number of hydrogen-bond acceptors (Lipinski definition) is 4. The molecule has 3 rings (SSSR count). The molecule has 0 spiro atoms. The second kappa shape index (κ2) is 6.30. The largest absolute Gasteiger partial charge is 0.339 e. The average Bonchev–Trinajstić information content (AvgIpc) is 2.92. The minimum Gasteiger partial charge on any atom is -0.339 e. The minimum absolute atomic E-state index is 0.0772. The molecule has 0 aliphatic rings. The summed E-state index contributed by atoms with van der Waals surface area (Å²) in [6.45, 7) is 3.28. The fourth-order valence-corrected chi connectivity index (χ4v) is 2.70. The predicted molar refractivity (Wildman–Crippen MR) is 87.4 cm³/mol. The van der Waals surface area contributed by atoms with Gasteiger partial charge in [0.25, 0.3) is 0 Å². The topological polar surface area (TPSA) is 64.9 Å². The van der Waals surface area contributed by atoms with Gasteiger partial charge in [0.2, 0.25) is 11.7 Å². The van der Waals surface area contributed by atoms with Crippen molar-refractivity contribution in [2.75, 3.05) is 0 Å². The van der Waals surface area contributed by atoms with Gasteiger partial charge >= 0.3 is 0 Å². The summed E-state index contributed by atoms with van der Waals surface area (Å²) in [5.74, 6) is -0.717. The number of rotatable bonds is 3. The lowest BCUT2D eigenvalue weighted by Crippen LogP contribution is -2.07. The van der Waals surface area contributed by atoms with Gasteiger partial charge in [-0.3, -0.25) is 0 Å². The molecule has 7 heteroatoms. The fraction of sp³-hybridized carbons (Fsp3) is 0.176. The molecule has 0 saturated heterocycles. The number of aryl methyl sites for hydroxylation is 1. The van der Waals surface area contributed by atoms with Crippen LogP contribution in [0.5, 0.6) is 0 Å². The highest BCUT2D eigenvalue weighted by molar-refractivity contribution is 6.31. The van der Waals surface area contributed by atoms with Crippen LogP contribution < -0.4 is 5.73 Å². The molecule has 2 aromatic carbocycles. The SMILES string of the molecule is Cc1nc(-c2c(F)cc(Cl)cc2-c2ccc([C@@H](C)N)c(F)c2)no1. The van der Waals surface area contributed by atoms with E-state index < -0.39 is 17.7 Å². The van der Waals surface area contributed by atoms with Crippen LogP contribution in [0.25, 0.3) is 22.5 Å². The zero-order valence-corrected chi connectivity index (χ0v) is 13.7. The van der Waals surface area contributed by atoms with Crippen molar-refractivity contribution in [1.29, 1.82) is 0 Å². The Hall–Kier alpha value is -2.31. The molecular weight excluding hydrogens is 336 g/mol. The Labute approximate surface area is 142 Å². The molecule has 124 valence electrons. The van der Waals surface area contributed by atoms with Crippen LogP contribution in [0.2, 0.25) is 5.02 Å². The lowest BCUT2D eigenvalue weighted by Gasteiger charge is -2.12. The van der Waals surface area contributed by atoms with E-state index in [-0.39, 0.29) is 16.4 Å². The first-order chi connectivity index (χ1) is 11.4. The Morgan fingerprint density at radius 3 is 2.50 bits per heavy atom. The lowest BCUT2D eigenvalue weighted by molar-refractivity contribution is 0.394. The summed E-state index contributed by atoms with van der Waals surface area (Å²) in [5, 5.41) is 3.93.